The molecule has 1 aliphatic rings. The van der Waals surface area contributed by atoms with Crippen molar-refractivity contribution in [3.63, 3.8) is 0 Å². The molecular formula is C16H21NO5. The largest absolute Gasteiger partial charge is 0.496 e. The number of amides is 1. The van der Waals surface area contributed by atoms with Gasteiger partial charge in [0, 0.05) is 12.1 Å². The van der Waals surface area contributed by atoms with Crippen LogP contribution in [0, 0.1) is 13.8 Å². The Kier molecular flexibility index (Phi) is 5.03. The van der Waals surface area contributed by atoms with Gasteiger partial charge in [0.25, 0.3) is 5.91 Å². The third-order valence-electron chi connectivity index (χ3n) is 3.81. The maximum absolute atomic E-state index is 12.7. The Morgan fingerprint density at radius 1 is 1.36 bits per heavy atom. The molecule has 0 unspecified atom stereocenters. The quantitative estimate of drug-likeness (QED) is 0.915. The molecule has 6 nitrogen and oxygen atoms in total. The zero-order chi connectivity index (χ0) is 16.3. The lowest BCUT2D eigenvalue weighted by Gasteiger charge is -2.35. The summed E-state index contributed by atoms with van der Waals surface area (Å²) in [6.07, 6.45) is -0.111. The van der Waals surface area contributed by atoms with Gasteiger partial charge in [-0.2, -0.15) is 0 Å². The molecular weight excluding hydrogens is 286 g/mol. The average molecular weight is 307 g/mol. The van der Waals surface area contributed by atoms with E-state index in [2.05, 4.69) is 0 Å². The number of ether oxygens (including phenoxy) is 2. The minimum absolute atomic E-state index is 0.111. The molecule has 2 rings (SSSR count). The van der Waals surface area contributed by atoms with Gasteiger partial charge >= 0.3 is 5.97 Å². The molecule has 120 valence electrons. The number of morpholine rings is 1. The second kappa shape index (κ2) is 6.79. The minimum Gasteiger partial charge on any atom is -0.496 e. The summed E-state index contributed by atoms with van der Waals surface area (Å²) in [6, 6.07) is 3.13. The molecule has 1 heterocycles. The lowest BCUT2D eigenvalue weighted by molar-refractivity contribution is -0.139. The SMILES string of the molecule is COc1c(C)cc(C(=O)N2CCOC[C@H]2CC(=O)O)cc1C. The van der Waals surface area contributed by atoms with Gasteiger partial charge in [0.05, 0.1) is 32.8 Å². The summed E-state index contributed by atoms with van der Waals surface area (Å²) in [5.41, 5.74) is 2.32. The molecule has 1 fully saturated rings. The number of methoxy groups -OCH3 is 1. The Bertz CT molecular complexity index is 561. The number of carbonyl (C=O) groups is 2. The first-order valence-corrected chi connectivity index (χ1v) is 7.19. The minimum atomic E-state index is -0.935. The van der Waals surface area contributed by atoms with E-state index in [1.54, 1.807) is 24.1 Å². The fourth-order valence-corrected chi connectivity index (χ4v) is 2.85. The number of aryl methyl sites for hydroxylation is 2. The van der Waals surface area contributed by atoms with Gasteiger partial charge in [-0.3, -0.25) is 9.59 Å². The standard InChI is InChI=1S/C16H21NO5/c1-10-6-12(7-11(2)15(10)21-3)16(20)17-4-5-22-9-13(17)8-14(18)19/h6-7,13H,4-5,8-9H2,1-3H3,(H,18,19)/t13-/m1/s1. The van der Waals surface area contributed by atoms with Crippen molar-refractivity contribution in [3.05, 3.63) is 28.8 Å². The second-order valence-electron chi connectivity index (χ2n) is 5.47. The van der Waals surface area contributed by atoms with Crippen molar-refractivity contribution in [1.82, 2.24) is 4.90 Å². The normalized spacial score (nSPS) is 18.1. The summed E-state index contributed by atoms with van der Waals surface area (Å²) in [7, 11) is 1.60. The molecule has 1 aliphatic heterocycles. The highest BCUT2D eigenvalue weighted by Gasteiger charge is 2.30. The molecule has 1 aromatic carbocycles. The number of aliphatic carboxylic acids is 1. The van der Waals surface area contributed by atoms with Gasteiger partial charge in [0.1, 0.15) is 5.75 Å². The van der Waals surface area contributed by atoms with Crippen LogP contribution in [0.5, 0.6) is 5.75 Å². The first-order valence-electron chi connectivity index (χ1n) is 7.19. The molecule has 0 bridgehead atoms. The Hall–Kier alpha value is -2.08. The van der Waals surface area contributed by atoms with E-state index < -0.39 is 12.0 Å². The van der Waals surface area contributed by atoms with Crippen LogP contribution in [0.25, 0.3) is 0 Å². The van der Waals surface area contributed by atoms with E-state index in [1.165, 1.54) is 0 Å². The summed E-state index contributed by atoms with van der Waals surface area (Å²) < 4.78 is 10.6. The molecule has 1 amide bonds. The van der Waals surface area contributed by atoms with Crippen LogP contribution in [0.1, 0.15) is 27.9 Å². The van der Waals surface area contributed by atoms with Crippen LogP contribution in [0.4, 0.5) is 0 Å². The number of carbonyl (C=O) groups excluding carboxylic acids is 1. The van der Waals surface area contributed by atoms with Crippen molar-refractivity contribution in [3.8, 4) is 5.75 Å². The summed E-state index contributed by atoms with van der Waals surface area (Å²) in [4.78, 5) is 25.3. The van der Waals surface area contributed by atoms with Gasteiger partial charge in [0.2, 0.25) is 0 Å². The number of carboxylic acids is 1. The Balaban J connectivity index is 2.27. The van der Waals surface area contributed by atoms with Crippen LogP contribution in [0.3, 0.4) is 0 Å². The second-order valence-corrected chi connectivity index (χ2v) is 5.47. The molecule has 6 heteroatoms. The van der Waals surface area contributed by atoms with Gasteiger partial charge in [-0.05, 0) is 37.1 Å². The Morgan fingerprint density at radius 3 is 2.55 bits per heavy atom. The van der Waals surface area contributed by atoms with Crippen LogP contribution in [0.15, 0.2) is 12.1 Å². The molecule has 0 spiro atoms. The summed E-state index contributed by atoms with van der Waals surface area (Å²) in [5.74, 6) is -0.334. The molecule has 22 heavy (non-hydrogen) atoms. The predicted octanol–water partition coefficient (Wildman–Crippen LogP) is 1.63. The number of hydrogen-bond acceptors (Lipinski definition) is 4. The first kappa shape index (κ1) is 16.3. The van der Waals surface area contributed by atoms with E-state index in [-0.39, 0.29) is 18.9 Å². The zero-order valence-corrected chi connectivity index (χ0v) is 13.1. The Labute approximate surface area is 129 Å². The monoisotopic (exact) mass is 307 g/mol. The summed E-state index contributed by atoms with van der Waals surface area (Å²) in [6.45, 7) is 4.86. The van der Waals surface area contributed by atoms with Crippen LogP contribution >= 0.6 is 0 Å². The number of benzene rings is 1. The maximum Gasteiger partial charge on any atom is 0.305 e. The van der Waals surface area contributed by atoms with Gasteiger partial charge < -0.3 is 19.5 Å². The third kappa shape index (κ3) is 3.39. The molecule has 1 N–H and O–H groups in total. The lowest BCUT2D eigenvalue weighted by atomic mass is 10.0. The van der Waals surface area contributed by atoms with E-state index in [4.69, 9.17) is 14.6 Å². The fourth-order valence-electron chi connectivity index (χ4n) is 2.85. The molecule has 1 atom stereocenters. The van der Waals surface area contributed by atoms with Crippen LogP contribution in [-0.4, -0.2) is 54.8 Å². The van der Waals surface area contributed by atoms with E-state index >= 15 is 0 Å². The topological polar surface area (TPSA) is 76.1 Å². The fraction of sp³-hybridized carbons (Fsp3) is 0.500. The highest BCUT2D eigenvalue weighted by Crippen LogP contribution is 2.26. The lowest BCUT2D eigenvalue weighted by Crippen LogP contribution is -2.49. The van der Waals surface area contributed by atoms with Crippen LogP contribution in [0.2, 0.25) is 0 Å². The first-order chi connectivity index (χ1) is 10.4. The van der Waals surface area contributed by atoms with Crippen LogP contribution in [-0.2, 0) is 9.53 Å². The maximum atomic E-state index is 12.7. The van der Waals surface area contributed by atoms with Gasteiger partial charge in [-0.15, -0.1) is 0 Å². The Morgan fingerprint density at radius 2 is 2.00 bits per heavy atom. The van der Waals surface area contributed by atoms with Crippen molar-refractivity contribution in [2.45, 2.75) is 26.3 Å². The number of carboxylic acid groups (broad SMARTS) is 1. The summed E-state index contributed by atoms with van der Waals surface area (Å²) in [5, 5.41) is 8.98. The van der Waals surface area contributed by atoms with E-state index in [0.29, 0.717) is 18.7 Å². The number of hydrogen-bond donors (Lipinski definition) is 1. The van der Waals surface area contributed by atoms with Crippen molar-refractivity contribution < 1.29 is 24.2 Å². The van der Waals surface area contributed by atoms with E-state index in [9.17, 15) is 9.59 Å². The smallest absolute Gasteiger partial charge is 0.305 e. The van der Waals surface area contributed by atoms with Gasteiger partial charge in [0.15, 0.2) is 0 Å². The molecule has 0 saturated carbocycles. The number of rotatable bonds is 4. The number of nitrogens with zero attached hydrogens (tertiary/aromatic N) is 1. The van der Waals surface area contributed by atoms with Gasteiger partial charge in [-0.1, -0.05) is 0 Å². The highest BCUT2D eigenvalue weighted by molar-refractivity contribution is 5.95. The van der Waals surface area contributed by atoms with Crippen molar-refractivity contribution in [1.29, 1.82) is 0 Å². The van der Waals surface area contributed by atoms with E-state index in [0.717, 1.165) is 16.9 Å². The molecule has 0 aromatic heterocycles. The third-order valence-corrected chi connectivity index (χ3v) is 3.81. The van der Waals surface area contributed by atoms with Gasteiger partial charge in [-0.25, -0.2) is 0 Å². The van der Waals surface area contributed by atoms with E-state index in [1.807, 2.05) is 13.8 Å². The summed E-state index contributed by atoms with van der Waals surface area (Å²) >= 11 is 0. The van der Waals surface area contributed by atoms with Crippen molar-refractivity contribution >= 4 is 11.9 Å². The molecule has 0 aliphatic carbocycles. The molecule has 0 radical (unpaired) electrons. The highest BCUT2D eigenvalue weighted by atomic mass is 16.5. The zero-order valence-electron chi connectivity index (χ0n) is 13.1. The predicted molar refractivity (Wildman–Crippen MR) is 80.4 cm³/mol. The molecule has 1 saturated heterocycles. The molecule has 1 aromatic rings. The van der Waals surface area contributed by atoms with Crippen molar-refractivity contribution in [2.24, 2.45) is 0 Å². The van der Waals surface area contributed by atoms with Crippen molar-refractivity contribution in [2.75, 3.05) is 26.9 Å². The average Bonchev–Trinajstić information content (AvgIpc) is 2.46. The van der Waals surface area contributed by atoms with Crippen LogP contribution < -0.4 is 4.74 Å².